The van der Waals surface area contributed by atoms with Gasteiger partial charge < -0.3 is 10.4 Å². The lowest BCUT2D eigenvalue weighted by Crippen LogP contribution is -2.35. The lowest BCUT2D eigenvalue weighted by Gasteiger charge is -2.30. The fourth-order valence-electron chi connectivity index (χ4n) is 3.95. The zero-order chi connectivity index (χ0) is 19.7. The first-order valence-corrected chi connectivity index (χ1v) is 9.75. The molecule has 1 saturated carbocycles. The summed E-state index contributed by atoms with van der Waals surface area (Å²) in [6.45, 7) is 2.36. The Hall–Kier alpha value is -2.31. The number of carbonyl (C=O) groups excluding carboxylic acids is 1. The molecule has 2 aliphatic rings. The molecule has 148 valence electrons. The molecule has 0 bridgehead atoms. The Bertz CT molecular complexity index is 865. The smallest absolute Gasteiger partial charge is 0.228 e. The number of anilines is 1. The maximum atomic E-state index is 14.0. The van der Waals surface area contributed by atoms with E-state index in [0.717, 1.165) is 49.3 Å². The number of amides is 1. The minimum atomic E-state index is -0.487. The van der Waals surface area contributed by atoms with Crippen LogP contribution in [0.4, 0.5) is 14.5 Å². The highest BCUT2D eigenvalue weighted by atomic mass is 19.1. The number of carbonyl (C=O) groups is 1. The molecule has 1 saturated heterocycles. The van der Waals surface area contributed by atoms with Crippen LogP contribution in [-0.4, -0.2) is 35.1 Å². The highest BCUT2D eigenvalue weighted by molar-refractivity contribution is 5.95. The molecular formula is C22H24F2N2O2. The highest BCUT2D eigenvalue weighted by Gasteiger charge is 2.45. The number of hydrogen-bond donors (Lipinski definition) is 2. The maximum absolute atomic E-state index is 14.0. The second-order valence-corrected chi connectivity index (χ2v) is 7.77. The topological polar surface area (TPSA) is 52.6 Å². The summed E-state index contributed by atoms with van der Waals surface area (Å²) in [5.41, 5.74) is 2.05. The monoisotopic (exact) mass is 386 g/mol. The largest absolute Gasteiger partial charge is 0.393 e. The van der Waals surface area contributed by atoms with E-state index in [1.807, 2.05) is 24.3 Å². The number of aliphatic hydroxyl groups excluding tert-OH is 1. The third-order valence-electron chi connectivity index (χ3n) is 5.71. The van der Waals surface area contributed by atoms with E-state index in [4.69, 9.17) is 0 Å². The Kier molecular flexibility index (Phi) is 5.42. The molecule has 2 fully saturated rings. The number of para-hydroxylation sites is 1. The van der Waals surface area contributed by atoms with Crippen LogP contribution in [0.15, 0.2) is 42.5 Å². The van der Waals surface area contributed by atoms with E-state index in [0.29, 0.717) is 13.0 Å². The standard InChI is InChI=1S/C22H24F2N2O2/c23-15-5-6-20(24)18(11-15)17-12-19(17)22(28)25-21-4-2-1-3-14(21)13-26-9-7-16(27)8-10-26/h1-6,11,16-17,19,27H,7-10,12-13H2,(H,25,28). The van der Waals surface area contributed by atoms with Crippen LogP contribution in [0, 0.1) is 17.6 Å². The number of nitrogens with one attached hydrogen (secondary N) is 1. The molecule has 0 aromatic heterocycles. The maximum Gasteiger partial charge on any atom is 0.228 e. The molecule has 6 heteroatoms. The first kappa shape index (κ1) is 19.0. The molecule has 2 atom stereocenters. The summed E-state index contributed by atoms with van der Waals surface area (Å²) in [6.07, 6.45) is 1.83. The Morgan fingerprint density at radius 1 is 1.14 bits per heavy atom. The van der Waals surface area contributed by atoms with Gasteiger partial charge in [0.15, 0.2) is 0 Å². The predicted molar refractivity (Wildman–Crippen MR) is 103 cm³/mol. The molecule has 1 amide bonds. The third kappa shape index (κ3) is 4.23. The van der Waals surface area contributed by atoms with Crippen molar-refractivity contribution in [2.45, 2.75) is 37.8 Å². The van der Waals surface area contributed by atoms with E-state index < -0.39 is 11.6 Å². The van der Waals surface area contributed by atoms with Crippen molar-refractivity contribution in [3.63, 3.8) is 0 Å². The number of nitrogens with zero attached hydrogens (tertiary/aromatic N) is 1. The van der Waals surface area contributed by atoms with E-state index in [9.17, 15) is 18.7 Å². The van der Waals surface area contributed by atoms with E-state index in [-0.39, 0.29) is 29.4 Å². The molecular weight excluding hydrogens is 362 g/mol. The molecule has 28 heavy (non-hydrogen) atoms. The molecule has 1 aliphatic heterocycles. The van der Waals surface area contributed by atoms with Crippen LogP contribution < -0.4 is 5.32 Å². The summed E-state index contributed by atoms with van der Waals surface area (Å²) in [6, 6.07) is 11.0. The van der Waals surface area contributed by atoms with Crippen molar-refractivity contribution in [1.82, 2.24) is 4.90 Å². The van der Waals surface area contributed by atoms with Gasteiger partial charge in [-0.25, -0.2) is 8.78 Å². The lowest BCUT2D eigenvalue weighted by molar-refractivity contribution is -0.117. The first-order valence-electron chi connectivity index (χ1n) is 9.75. The van der Waals surface area contributed by atoms with Gasteiger partial charge in [0.1, 0.15) is 11.6 Å². The van der Waals surface area contributed by atoms with Crippen molar-refractivity contribution < 1.29 is 18.7 Å². The predicted octanol–water partition coefficient (Wildman–Crippen LogP) is 3.66. The van der Waals surface area contributed by atoms with Gasteiger partial charge in [-0.3, -0.25) is 9.69 Å². The number of aliphatic hydroxyl groups is 1. The van der Waals surface area contributed by atoms with Crippen LogP contribution in [0.2, 0.25) is 0 Å². The average molecular weight is 386 g/mol. The van der Waals surface area contributed by atoms with E-state index in [2.05, 4.69) is 10.2 Å². The summed E-state index contributed by atoms with van der Waals surface area (Å²) < 4.78 is 27.4. The van der Waals surface area contributed by atoms with E-state index in [1.165, 1.54) is 6.07 Å². The van der Waals surface area contributed by atoms with Crippen molar-refractivity contribution >= 4 is 11.6 Å². The van der Waals surface area contributed by atoms with Crippen molar-refractivity contribution in [3.05, 3.63) is 65.2 Å². The summed E-state index contributed by atoms with van der Waals surface area (Å²) >= 11 is 0. The summed E-state index contributed by atoms with van der Waals surface area (Å²) in [7, 11) is 0. The quantitative estimate of drug-likeness (QED) is 0.825. The molecule has 4 rings (SSSR count). The van der Waals surface area contributed by atoms with Gasteiger partial charge in [-0.05, 0) is 60.6 Å². The lowest BCUT2D eigenvalue weighted by atomic mass is 10.1. The van der Waals surface area contributed by atoms with Gasteiger partial charge in [-0.1, -0.05) is 18.2 Å². The molecule has 4 nitrogen and oxygen atoms in total. The molecule has 0 spiro atoms. The van der Waals surface area contributed by atoms with Gasteiger partial charge in [0.25, 0.3) is 0 Å². The van der Waals surface area contributed by atoms with Crippen LogP contribution >= 0.6 is 0 Å². The molecule has 2 unspecified atom stereocenters. The van der Waals surface area contributed by atoms with Gasteiger partial charge in [-0.2, -0.15) is 0 Å². The second-order valence-electron chi connectivity index (χ2n) is 7.77. The number of piperidine rings is 1. The van der Waals surface area contributed by atoms with Gasteiger partial charge in [0.05, 0.1) is 6.10 Å². The average Bonchev–Trinajstić information content (AvgIpc) is 3.48. The minimum Gasteiger partial charge on any atom is -0.393 e. The zero-order valence-corrected chi connectivity index (χ0v) is 15.6. The SMILES string of the molecule is O=C(Nc1ccccc1CN1CCC(O)CC1)C1CC1c1cc(F)ccc1F. The number of likely N-dealkylation sites (tertiary alicyclic amines) is 1. The van der Waals surface area contributed by atoms with Crippen molar-refractivity contribution in [2.75, 3.05) is 18.4 Å². The molecule has 2 aromatic rings. The van der Waals surface area contributed by atoms with Gasteiger partial charge >= 0.3 is 0 Å². The Labute approximate surface area is 163 Å². The van der Waals surface area contributed by atoms with Crippen LogP contribution in [0.25, 0.3) is 0 Å². The minimum absolute atomic E-state index is 0.157. The summed E-state index contributed by atoms with van der Waals surface area (Å²) in [4.78, 5) is 14.9. The fraction of sp³-hybridized carbons (Fsp3) is 0.409. The zero-order valence-electron chi connectivity index (χ0n) is 15.6. The van der Waals surface area contributed by atoms with E-state index in [1.54, 1.807) is 0 Å². The van der Waals surface area contributed by atoms with Crippen molar-refractivity contribution in [3.8, 4) is 0 Å². The normalized spacial score (nSPS) is 22.8. The second kappa shape index (κ2) is 7.97. The number of benzene rings is 2. The Morgan fingerprint density at radius 2 is 1.89 bits per heavy atom. The fourth-order valence-corrected chi connectivity index (χ4v) is 3.95. The van der Waals surface area contributed by atoms with Crippen molar-refractivity contribution in [2.24, 2.45) is 5.92 Å². The van der Waals surface area contributed by atoms with Gasteiger partial charge in [0.2, 0.25) is 5.91 Å². The number of hydrogen-bond acceptors (Lipinski definition) is 3. The first-order chi connectivity index (χ1) is 13.5. The number of halogens is 2. The number of rotatable bonds is 5. The van der Waals surface area contributed by atoms with Gasteiger partial charge in [0, 0.05) is 31.2 Å². The Balaban J connectivity index is 1.41. The summed E-state index contributed by atoms with van der Waals surface area (Å²) in [5, 5.41) is 12.6. The van der Waals surface area contributed by atoms with Gasteiger partial charge in [-0.15, -0.1) is 0 Å². The van der Waals surface area contributed by atoms with Crippen LogP contribution in [0.5, 0.6) is 0 Å². The molecule has 2 N–H and O–H groups in total. The van der Waals surface area contributed by atoms with Crippen LogP contribution in [-0.2, 0) is 11.3 Å². The molecule has 0 radical (unpaired) electrons. The third-order valence-corrected chi connectivity index (χ3v) is 5.71. The van der Waals surface area contributed by atoms with E-state index >= 15 is 0 Å². The Morgan fingerprint density at radius 3 is 2.68 bits per heavy atom. The molecule has 2 aromatic carbocycles. The summed E-state index contributed by atoms with van der Waals surface area (Å²) in [5.74, 6) is -1.72. The molecule has 1 aliphatic carbocycles. The molecule has 1 heterocycles. The van der Waals surface area contributed by atoms with Crippen LogP contribution in [0.1, 0.15) is 36.3 Å². The highest BCUT2D eigenvalue weighted by Crippen LogP contribution is 2.49. The van der Waals surface area contributed by atoms with Crippen LogP contribution in [0.3, 0.4) is 0 Å². The van der Waals surface area contributed by atoms with Crippen molar-refractivity contribution in [1.29, 1.82) is 0 Å².